The Balaban J connectivity index is 1.60. The normalized spacial score (nSPS) is 12.1. The zero-order valence-corrected chi connectivity index (χ0v) is 18.9. The van der Waals surface area contributed by atoms with E-state index < -0.39 is 0 Å². The van der Waals surface area contributed by atoms with Crippen molar-refractivity contribution in [1.29, 1.82) is 0 Å². The van der Waals surface area contributed by atoms with Crippen LogP contribution in [0.3, 0.4) is 0 Å². The molecule has 0 saturated carbocycles. The van der Waals surface area contributed by atoms with E-state index in [-0.39, 0.29) is 12.4 Å². The summed E-state index contributed by atoms with van der Waals surface area (Å²) >= 11 is 0. The lowest BCUT2D eigenvalue weighted by Crippen LogP contribution is -2.40. The Morgan fingerprint density at radius 1 is 0.879 bits per heavy atom. The van der Waals surface area contributed by atoms with Crippen LogP contribution < -0.4 is 23.5 Å². The minimum Gasteiger partial charge on any atom is -0.493 e. The SMILES string of the molecule is COc1cc2c(cc1OC)-c1cc3ccc(OC)c(OCc4cccc(F)c4)c3c[n+]1CC2. The van der Waals surface area contributed by atoms with Crippen molar-refractivity contribution < 1.29 is 27.9 Å². The van der Waals surface area contributed by atoms with E-state index >= 15 is 0 Å². The first kappa shape index (κ1) is 21.1. The van der Waals surface area contributed by atoms with Crippen LogP contribution in [0.2, 0.25) is 0 Å². The molecule has 0 saturated heterocycles. The van der Waals surface area contributed by atoms with Crippen LogP contribution in [-0.2, 0) is 19.6 Å². The van der Waals surface area contributed by atoms with Crippen LogP contribution >= 0.6 is 0 Å². The maximum atomic E-state index is 13.6. The zero-order valence-electron chi connectivity index (χ0n) is 18.9. The van der Waals surface area contributed by atoms with Gasteiger partial charge in [-0.1, -0.05) is 12.1 Å². The van der Waals surface area contributed by atoms with E-state index in [1.54, 1.807) is 27.4 Å². The highest BCUT2D eigenvalue weighted by atomic mass is 19.1. The van der Waals surface area contributed by atoms with Crippen LogP contribution in [0.25, 0.3) is 22.0 Å². The molecule has 0 atom stereocenters. The largest absolute Gasteiger partial charge is 0.493 e. The first-order valence-corrected chi connectivity index (χ1v) is 10.8. The molecule has 0 unspecified atom stereocenters. The highest BCUT2D eigenvalue weighted by Crippen LogP contribution is 2.40. The molecule has 0 radical (unpaired) electrons. The van der Waals surface area contributed by atoms with E-state index in [0.29, 0.717) is 17.2 Å². The molecule has 5 rings (SSSR count). The molecule has 0 amide bonds. The summed E-state index contributed by atoms with van der Waals surface area (Å²) in [4.78, 5) is 0. The van der Waals surface area contributed by atoms with E-state index in [2.05, 4.69) is 22.9 Å². The minimum absolute atomic E-state index is 0.245. The van der Waals surface area contributed by atoms with Gasteiger partial charge in [0.1, 0.15) is 12.4 Å². The Labute approximate surface area is 191 Å². The lowest BCUT2D eigenvalue weighted by Gasteiger charge is -2.19. The van der Waals surface area contributed by atoms with Gasteiger partial charge in [-0.05, 0) is 52.9 Å². The quantitative estimate of drug-likeness (QED) is 0.387. The minimum atomic E-state index is -0.281. The van der Waals surface area contributed by atoms with E-state index in [4.69, 9.17) is 18.9 Å². The number of aromatic nitrogens is 1. The molecule has 3 aromatic carbocycles. The Hall–Kier alpha value is -3.80. The fourth-order valence-corrected chi connectivity index (χ4v) is 4.43. The maximum Gasteiger partial charge on any atom is 0.213 e. The third-order valence-corrected chi connectivity index (χ3v) is 6.08. The van der Waals surface area contributed by atoms with Gasteiger partial charge in [-0.15, -0.1) is 0 Å². The van der Waals surface area contributed by atoms with Gasteiger partial charge < -0.3 is 18.9 Å². The fourth-order valence-electron chi connectivity index (χ4n) is 4.43. The molecule has 33 heavy (non-hydrogen) atoms. The van der Waals surface area contributed by atoms with Crippen LogP contribution in [0, 0.1) is 5.82 Å². The Morgan fingerprint density at radius 2 is 1.67 bits per heavy atom. The number of ether oxygens (including phenoxy) is 4. The van der Waals surface area contributed by atoms with Gasteiger partial charge in [-0.25, -0.2) is 4.39 Å². The maximum absolute atomic E-state index is 13.6. The summed E-state index contributed by atoms with van der Waals surface area (Å²) in [5, 5.41) is 1.97. The summed E-state index contributed by atoms with van der Waals surface area (Å²) in [6, 6.07) is 16.6. The molecule has 4 aromatic rings. The van der Waals surface area contributed by atoms with Crippen molar-refractivity contribution in [3.05, 3.63) is 77.7 Å². The van der Waals surface area contributed by atoms with Crippen LogP contribution in [0.15, 0.2) is 60.8 Å². The van der Waals surface area contributed by atoms with E-state index in [0.717, 1.165) is 46.3 Å². The lowest BCUT2D eigenvalue weighted by molar-refractivity contribution is -0.686. The van der Waals surface area contributed by atoms with Crippen molar-refractivity contribution in [3.8, 4) is 34.3 Å². The molecule has 0 fully saturated rings. The standard InChI is InChI=1S/C27H25FNO4/c1-30-24-8-7-18-12-23-21-14-26(32-3)25(31-2)13-19(21)9-10-29(23)15-22(18)27(24)33-16-17-5-4-6-20(28)11-17/h4-8,11-15H,9-10,16H2,1-3H3/q+1. The summed E-state index contributed by atoms with van der Waals surface area (Å²) in [5.74, 6) is 2.45. The molecule has 0 bridgehead atoms. The lowest BCUT2D eigenvalue weighted by atomic mass is 9.95. The molecular formula is C27H25FNO4+. The number of nitrogens with zero attached hydrogens (tertiary/aromatic N) is 1. The van der Waals surface area contributed by atoms with Crippen molar-refractivity contribution in [1.82, 2.24) is 0 Å². The van der Waals surface area contributed by atoms with Crippen molar-refractivity contribution in [2.75, 3.05) is 21.3 Å². The summed E-state index contributed by atoms with van der Waals surface area (Å²) < 4.78 is 38.6. The highest BCUT2D eigenvalue weighted by molar-refractivity contribution is 5.91. The van der Waals surface area contributed by atoms with Crippen LogP contribution in [0.5, 0.6) is 23.0 Å². The molecule has 1 aromatic heterocycles. The molecule has 1 aliphatic rings. The van der Waals surface area contributed by atoms with Crippen LogP contribution in [0.4, 0.5) is 4.39 Å². The second-order valence-electron chi connectivity index (χ2n) is 7.98. The van der Waals surface area contributed by atoms with Gasteiger partial charge in [0.15, 0.2) is 35.7 Å². The van der Waals surface area contributed by atoms with Crippen LogP contribution in [0.1, 0.15) is 11.1 Å². The van der Waals surface area contributed by atoms with Gasteiger partial charge in [-0.3, -0.25) is 0 Å². The predicted molar refractivity (Wildman–Crippen MR) is 124 cm³/mol. The van der Waals surface area contributed by atoms with Crippen molar-refractivity contribution in [2.45, 2.75) is 19.6 Å². The number of hydrogen-bond acceptors (Lipinski definition) is 4. The molecule has 1 aliphatic heterocycles. The highest BCUT2D eigenvalue weighted by Gasteiger charge is 2.27. The van der Waals surface area contributed by atoms with E-state index in [1.165, 1.54) is 17.7 Å². The number of aryl methyl sites for hydroxylation is 2. The average molecular weight is 446 g/mol. The number of halogens is 1. The third-order valence-electron chi connectivity index (χ3n) is 6.08. The number of pyridine rings is 1. The monoisotopic (exact) mass is 446 g/mol. The summed E-state index contributed by atoms with van der Waals surface area (Å²) in [6.45, 7) is 1.07. The van der Waals surface area contributed by atoms with Crippen molar-refractivity contribution >= 4 is 10.8 Å². The smallest absolute Gasteiger partial charge is 0.213 e. The van der Waals surface area contributed by atoms with Gasteiger partial charge >= 0.3 is 0 Å². The second kappa shape index (κ2) is 8.62. The Kier molecular flexibility index (Phi) is 5.50. The van der Waals surface area contributed by atoms with Gasteiger partial charge in [0.05, 0.1) is 32.3 Å². The Bertz CT molecular complexity index is 1350. The number of hydrogen-bond donors (Lipinski definition) is 0. The number of fused-ring (bicyclic) bond motifs is 4. The van der Waals surface area contributed by atoms with Gasteiger partial charge in [-0.2, -0.15) is 4.57 Å². The summed E-state index contributed by atoms with van der Waals surface area (Å²) in [7, 11) is 4.93. The zero-order chi connectivity index (χ0) is 22.9. The molecule has 0 N–H and O–H groups in total. The average Bonchev–Trinajstić information content (AvgIpc) is 2.85. The third kappa shape index (κ3) is 3.82. The molecule has 0 spiro atoms. The number of methoxy groups -OCH3 is 3. The first-order chi connectivity index (χ1) is 16.1. The van der Waals surface area contributed by atoms with Gasteiger partial charge in [0.2, 0.25) is 5.69 Å². The Morgan fingerprint density at radius 3 is 2.42 bits per heavy atom. The predicted octanol–water partition coefficient (Wildman–Crippen LogP) is 5.09. The first-order valence-electron chi connectivity index (χ1n) is 10.8. The molecule has 168 valence electrons. The van der Waals surface area contributed by atoms with Crippen molar-refractivity contribution in [2.24, 2.45) is 0 Å². The van der Waals surface area contributed by atoms with Crippen molar-refractivity contribution in [3.63, 3.8) is 0 Å². The number of benzene rings is 3. The number of rotatable bonds is 6. The molecule has 2 heterocycles. The van der Waals surface area contributed by atoms with E-state index in [1.807, 2.05) is 24.3 Å². The molecule has 6 heteroatoms. The second-order valence-corrected chi connectivity index (χ2v) is 7.98. The van der Waals surface area contributed by atoms with Crippen LogP contribution in [-0.4, -0.2) is 21.3 Å². The fraction of sp³-hybridized carbons (Fsp3) is 0.222. The van der Waals surface area contributed by atoms with E-state index in [9.17, 15) is 4.39 Å². The van der Waals surface area contributed by atoms with Gasteiger partial charge in [0.25, 0.3) is 0 Å². The molecule has 0 aliphatic carbocycles. The summed E-state index contributed by atoms with van der Waals surface area (Å²) in [6.07, 6.45) is 2.98. The van der Waals surface area contributed by atoms with Gasteiger partial charge in [0, 0.05) is 12.5 Å². The molecular weight excluding hydrogens is 421 g/mol. The molecule has 5 nitrogen and oxygen atoms in total. The summed E-state index contributed by atoms with van der Waals surface area (Å²) in [5.41, 5.74) is 4.21. The topological polar surface area (TPSA) is 40.8 Å².